The largest absolute Gasteiger partial charge is 0.461 e. The Balaban J connectivity index is 1.07. The zero-order valence-electron chi connectivity index (χ0n) is 23.9. The minimum absolute atomic E-state index is 0.0411. The Kier molecular flexibility index (Phi) is 7.47. The number of hydrogen-bond acceptors (Lipinski definition) is 10. The molecule has 5 aromatic rings. The van der Waals surface area contributed by atoms with E-state index in [1.54, 1.807) is 36.9 Å². The highest BCUT2D eigenvalue weighted by atomic mass is 19.1. The fourth-order valence-corrected chi connectivity index (χ4v) is 5.37. The van der Waals surface area contributed by atoms with Crippen LogP contribution in [-0.2, 0) is 6.54 Å². The molecular formula is C28H34FN11O2. The topological polar surface area (TPSA) is 139 Å². The van der Waals surface area contributed by atoms with Crippen LogP contribution < -0.4 is 16.0 Å². The summed E-state index contributed by atoms with van der Waals surface area (Å²) in [6.07, 6.45) is 3.30. The van der Waals surface area contributed by atoms with Gasteiger partial charge < -0.3 is 29.8 Å². The van der Waals surface area contributed by atoms with Gasteiger partial charge >= 0.3 is 0 Å². The SMILES string of the molecule is C[C@H](CN(C)C)NC(=O)c1ccc(N2CCN(CCn3cnc4c3nc(N)n3nc(-c5ccco5)nc43)CC2)c(F)c1. The molecule has 1 amide bonds. The Morgan fingerprint density at radius 2 is 1.95 bits per heavy atom. The number of halogens is 1. The number of anilines is 2. The number of nitrogens with one attached hydrogen (secondary N) is 1. The molecule has 220 valence electrons. The van der Waals surface area contributed by atoms with E-state index in [1.165, 1.54) is 10.6 Å². The van der Waals surface area contributed by atoms with Gasteiger partial charge in [0.1, 0.15) is 5.82 Å². The van der Waals surface area contributed by atoms with Crippen LogP contribution in [0.5, 0.6) is 0 Å². The highest BCUT2D eigenvalue weighted by Crippen LogP contribution is 2.24. The molecule has 0 radical (unpaired) electrons. The number of hydrogen-bond donors (Lipinski definition) is 2. The predicted octanol–water partition coefficient (Wildman–Crippen LogP) is 1.96. The monoisotopic (exact) mass is 575 g/mol. The summed E-state index contributed by atoms with van der Waals surface area (Å²) < 4.78 is 23.9. The molecule has 13 nitrogen and oxygen atoms in total. The summed E-state index contributed by atoms with van der Waals surface area (Å²) in [5, 5.41) is 7.34. The number of nitrogens with two attached hydrogens (primary N) is 1. The highest BCUT2D eigenvalue weighted by molar-refractivity contribution is 5.94. The molecule has 1 aliphatic rings. The van der Waals surface area contributed by atoms with Crippen LogP contribution in [0.4, 0.5) is 16.0 Å². The number of carbonyl (C=O) groups excluding carboxylic acids is 1. The molecule has 1 aromatic carbocycles. The molecular weight excluding hydrogens is 541 g/mol. The van der Waals surface area contributed by atoms with Crippen molar-refractivity contribution in [3.8, 4) is 11.6 Å². The first kappa shape index (κ1) is 27.6. The zero-order chi connectivity index (χ0) is 29.4. The summed E-state index contributed by atoms with van der Waals surface area (Å²) in [5.74, 6) is 0.506. The molecule has 0 unspecified atom stereocenters. The molecule has 0 spiro atoms. The first-order chi connectivity index (χ1) is 20.3. The highest BCUT2D eigenvalue weighted by Gasteiger charge is 2.22. The van der Waals surface area contributed by atoms with Crippen LogP contribution >= 0.6 is 0 Å². The third kappa shape index (κ3) is 5.50. The predicted molar refractivity (Wildman–Crippen MR) is 157 cm³/mol. The van der Waals surface area contributed by atoms with Crippen molar-refractivity contribution in [3.63, 3.8) is 0 Å². The first-order valence-electron chi connectivity index (χ1n) is 13.9. The van der Waals surface area contributed by atoms with Crippen molar-refractivity contribution >= 4 is 34.4 Å². The van der Waals surface area contributed by atoms with E-state index in [2.05, 4.69) is 30.3 Å². The van der Waals surface area contributed by atoms with E-state index in [9.17, 15) is 4.79 Å². The van der Waals surface area contributed by atoms with Crippen molar-refractivity contribution < 1.29 is 13.6 Å². The number of fused-ring (bicyclic) bond motifs is 3. The molecule has 5 heterocycles. The molecule has 0 aliphatic carbocycles. The van der Waals surface area contributed by atoms with Gasteiger partial charge in [0.25, 0.3) is 5.91 Å². The molecule has 0 bridgehead atoms. The Labute approximate surface area is 241 Å². The van der Waals surface area contributed by atoms with Gasteiger partial charge in [-0.2, -0.15) is 9.50 Å². The number of furan rings is 1. The van der Waals surface area contributed by atoms with Gasteiger partial charge in [-0.3, -0.25) is 9.69 Å². The van der Waals surface area contributed by atoms with Gasteiger partial charge in [-0.15, -0.1) is 5.10 Å². The number of benzene rings is 1. The van der Waals surface area contributed by atoms with Crippen molar-refractivity contribution in [2.45, 2.75) is 19.5 Å². The van der Waals surface area contributed by atoms with Gasteiger partial charge in [0.05, 0.1) is 18.3 Å². The zero-order valence-corrected chi connectivity index (χ0v) is 23.9. The van der Waals surface area contributed by atoms with E-state index in [-0.39, 0.29) is 23.7 Å². The molecule has 1 fully saturated rings. The van der Waals surface area contributed by atoms with Crippen LogP contribution in [-0.4, -0.2) is 104 Å². The maximum atomic E-state index is 15.1. The Morgan fingerprint density at radius 3 is 2.67 bits per heavy atom. The van der Waals surface area contributed by atoms with Crippen molar-refractivity contribution in [1.82, 2.24) is 44.2 Å². The fraction of sp³-hybridized carbons (Fsp3) is 0.393. The summed E-state index contributed by atoms with van der Waals surface area (Å²) in [4.78, 5) is 32.6. The van der Waals surface area contributed by atoms with E-state index in [0.29, 0.717) is 65.8 Å². The molecule has 42 heavy (non-hydrogen) atoms. The number of carbonyl (C=O) groups is 1. The summed E-state index contributed by atoms with van der Waals surface area (Å²) in [7, 11) is 3.89. The molecule has 4 aromatic heterocycles. The van der Waals surface area contributed by atoms with Crippen molar-refractivity contribution in [1.29, 1.82) is 0 Å². The molecule has 14 heteroatoms. The smallest absolute Gasteiger partial charge is 0.251 e. The molecule has 3 N–H and O–H groups in total. The summed E-state index contributed by atoms with van der Waals surface area (Å²) >= 11 is 0. The number of piperazine rings is 1. The second-order valence-electron chi connectivity index (χ2n) is 10.9. The Hall–Kier alpha value is -4.56. The average Bonchev–Trinajstić information content (AvgIpc) is 3.72. The maximum absolute atomic E-state index is 15.1. The third-order valence-electron chi connectivity index (χ3n) is 7.40. The minimum atomic E-state index is -0.389. The summed E-state index contributed by atoms with van der Waals surface area (Å²) in [6, 6.07) is 8.23. The van der Waals surface area contributed by atoms with Crippen LogP contribution in [0.1, 0.15) is 17.3 Å². The third-order valence-corrected chi connectivity index (χ3v) is 7.40. The number of likely N-dealkylation sites (N-methyl/N-ethyl adjacent to an activating group) is 1. The number of nitrogens with zero attached hydrogens (tertiary/aromatic N) is 9. The quantitative estimate of drug-likeness (QED) is 0.268. The van der Waals surface area contributed by atoms with Gasteiger partial charge in [-0.25, -0.2) is 14.4 Å². The van der Waals surface area contributed by atoms with Gasteiger partial charge in [-0.1, -0.05) is 0 Å². The van der Waals surface area contributed by atoms with Crippen LogP contribution in [0.25, 0.3) is 28.4 Å². The summed E-state index contributed by atoms with van der Waals surface area (Å²) in [5.41, 5.74) is 8.81. The molecule has 6 rings (SSSR count). The van der Waals surface area contributed by atoms with Gasteiger partial charge in [0.15, 0.2) is 22.6 Å². The number of nitrogen functional groups attached to an aromatic ring is 1. The average molecular weight is 576 g/mol. The second kappa shape index (κ2) is 11.4. The van der Waals surface area contributed by atoms with Crippen LogP contribution in [0.2, 0.25) is 0 Å². The van der Waals surface area contributed by atoms with Crippen molar-refractivity contribution in [2.24, 2.45) is 0 Å². The van der Waals surface area contributed by atoms with Gasteiger partial charge in [0, 0.05) is 57.4 Å². The maximum Gasteiger partial charge on any atom is 0.251 e. The van der Waals surface area contributed by atoms with Crippen LogP contribution in [0.15, 0.2) is 47.3 Å². The van der Waals surface area contributed by atoms with E-state index in [4.69, 9.17) is 10.2 Å². The second-order valence-corrected chi connectivity index (χ2v) is 10.9. The lowest BCUT2D eigenvalue weighted by molar-refractivity contribution is 0.0934. The Morgan fingerprint density at radius 1 is 1.14 bits per heavy atom. The number of amides is 1. The number of aromatic nitrogens is 6. The first-order valence-corrected chi connectivity index (χ1v) is 13.9. The molecule has 1 saturated heterocycles. The van der Waals surface area contributed by atoms with Crippen LogP contribution in [0.3, 0.4) is 0 Å². The van der Waals surface area contributed by atoms with E-state index >= 15 is 4.39 Å². The lowest BCUT2D eigenvalue weighted by Gasteiger charge is -2.36. The normalized spacial score (nSPS) is 15.2. The number of imidazole rings is 1. The van der Waals surface area contributed by atoms with Gasteiger partial charge in [0.2, 0.25) is 11.8 Å². The summed E-state index contributed by atoms with van der Waals surface area (Å²) in [6.45, 7) is 6.95. The van der Waals surface area contributed by atoms with E-state index in [1.807, 2.05) is 35.4 Å². The van der Waals surface area contributed by atoms with E-state index in [0.717, 1.165) is 19.6 Å². The van der Waals surface area contributed by atoms with E-state index < -0.39 is 0 Å². The molecule has 1 aliphatic heterocycles. The van der Waals surface area contributed by atoms with Gasteiger partial charge in [-0.05, 0) is 51.4 Å². The minimum Gasteiger partial charge on any atom is -0.461 e. The van der Waals surface area contributed by atoms with Crippen molar-refractivity contribution in [3.05, 3.63) is 54.3 Å². The lowest BCUT2D eigenvalue weighted by atomic mass is 10.1. The molecule has 0 saturated carbocycles. The fourth-order valence-electron chi connectivity index (χ4n) is 5.37. The standard InChI is InChI=1S/C28H34FN11O2/c1-18(16-36(2)3)32-27(41)19-6-7-21(20(29)15-19)38-11-8-37(9-12-38)10-13-39-17-31-23-25(39)34-28(30)40-26(23)33-24(35-40)22-5-4-14-42-22/h4-7,14-15,17-18H,8-13,16H2,1-3H3,(H2,30,34)(H,32,41)/t18-/m1/s1. The van der Waals surface area contributed by atoms with Crippen LogP contribution in [0, 0.1) is 5.82 Å². The number of rotatable bonds is 9. The van der Waals surface area contributed by atoms with Crippen molar-refractivity contribution in [2.75, 3.05) is 64.0 Å². The Bertz CT molecular complexity index is 1700. The lowest BCUT2D eigenvalue weighted by Crippen LogP contribution is -2.47. The molecule has 1 atom stereocenters.